The molecule has 1 aliphatic heterocycles. The summed E-state index contributed by atoms with van der Waals surface area (Å²) in [5, 5.41) is 2.83. The lowest BCUT2D eigenvalue weighted by Gasteiger charge is -2.29. The average molecular weight is 387 g/mol. The lowest BCUT2D eigenvalue weighted by molar-refractivity contribution is 0.102. The van der Waals surface area contributed by atoms with Crippen LogP contribution in [-0.2, 0) is 16.4 Å². The van der Waals surface area contributed by atoms with Crippen LogP contribution < -0.4 is 5.32 Å². The quantitative estimate of drug-likeness (QED) is 0.847. The fourth-order valence-electron chi connectivity index (χ4n) is 3.20. The van der Waals surface area contributed by atoms with E-state index < -0.39 is 10.0 Å². The molecule has 144 valence electrons. The van der Waals surface area contributed by atoms with Crippen molar-refractivity contribution in [1.29, 1.82) is 0 Å². The number of sulfonamides is 1. The minimum atomic E-state index is -3.57. The van der Waals surface area contributed by atoms with E-state index in [-0.39, 0.29) is 10.8 Å². The van der Waals surface area contributed by atoms with Crippen LogP contribution in [0.5, 0.6) is 0 Å². The Labute approximate surface area is 161 Å². The van der Waals surface area contributed by atoms with Crippen molar-refractivity contribution in [2.75, 3.05) is 18.4 Å². The number of nitrogens with one attached hydrogen (secondary N) is 1. The van der Waals surface area contributed by atoms with Gasteiger partial charge in [0.25, 0.3) is 5.91 Å². The zero-order valence-corrected chi connectivity index (χ0v) is 16.6. The molecule has 0 aliphatic carbocycles. The van der Waals surface area contributed by atoms with Gasteiger partial charge in [-0.05, 0) is 61.1 Å². The molecule has 5 nitrogen and oxygen atoms in total. The molecular formula is C21H26N2O3S. The topological polar surface area (TPSA) is 66.5 Å². The first kappa shape index (κ1) is 19.6. The van der Waals surface area contributed by atoms with Gasteiger partial charge in [0.05, 0.1) is 4.90 Å². The molecule has 1 saturated heterocycles. The summed E-state index contributed by atoms with van der Waals surface area (Å²) in [6.45, 7) is 5.28. The van der Waals surface area contributed by atoms with Crippen LogP contribution in [0.15, 0.2) is 53.4 Å². The number of piperidine rings is 1. The molecule has 0 atom stereocenters. The molecule has 6 heteroatoms. The maximum Gasteiger partial charge on any atom is 0.255 e. The number of aryl methyl sites for hydroxylation is 1. The smallest absolute Gasteiger partial charge is 0.255 e. The third-order valence-corrected chi connectivity index (χ3v) is 6.99. The first-order chi connectivity index (χ1) is 12.9. The molecule has 2 aromatic carbocycles. The highest BCUT2D eigenvalue weighted by molar-refractivity contribution is 7.89. The maximum absolute atomic E-state index is 12.9. The Hall–Kier alpha value is -2.18. The fourth-order valence-corrected chi connectivity index (χ4v) is 4.72. The van der Waals surface area contributed by atoms with Gasteiger partial charge in [-0.15, -0.1) is 0 Å². The standard InChI is InChI=1S/C21H26N2O3S/c1-3-17-7-9-19(10-8-17)22-21(24)18-5-4-6-20(15-18)27(25,26)23-13-11-16(2)12-14-23/h4-10,15-16H,3,11-14H2,1-2H3,(H,22,24). The van der Waals surface area contributed by atoms with Crippen LogP contribution in [0.2, 0.25) is 0 Å². The fraction of sp³-hybridized carbons (Fsp3) is 0.381. The molecule has 0 bridgehead atoms. The monoisotopic (exact) mass is 386 g/mol. The first-order valence-corrected chi connectivity index (χ1v) is 10.8. The van der Waals surface area contributed by atoms with E-state index in [0.29, 0.717) is 30.3 Å². The van der Waals surface area contributed by atoms with Crippen molar-refractivity contribution in [3.63, 3.8) is 0 Å². The average Bonchev–Trinajstić information content (AvgIpc) is 2.69. The van der Waals surface area contributed by atoms with Gasteiger partial charge in [0.2, 0.25) is 10.0 Å². The highest BCUT2D eigenvalue weighted by Crippen LogP contribution is 2.24. The number of rotatable bonds is 5. The van der Waals surface area contributed by atoms with Crippen LogP contribution >= 0.6 is 0 Å². The molecule has 0 unspecified atom stereocenters. The van der Waals surface area contributed by atoms with Crippen molar-refractivity contribution >= 4 is 21.6 Å². The molecule has 1 fully saturated rings. The Morgan fingerprint density at radius 1 is 1.11 bits per heavy atom. The van der Waals surface area contributed by atoms with Gasteiger partial charge in [-0.3, -0.25) is 4.79 Å². The first-order valence-electron chi connectivity index (χ1n) is 9.40. The van der Waals surface area contributed by atoms with E-state index in [1.807, 2.05) is 24.3 Å². The molecule has 0 aromatic heterocycles. The third kappa shape index (κ3) is 4.57. The zero-order valence-electron chi connectivity index (χ0n) is 15.8. The van der Waals surface area contributed by atoms with Crippen molar-refractivity contribution in [3.8, 4) is 0 Å². The van der Waals surface area contributed by atoms with E-state index in [2.05, 4.69) is 19.2 Å². The van der Waals surface area contributed by atoms with Crippen LogP contribution in [0.1, 0.15) is 42.6 Å². The predicted molar refractivity (Wildman–Crippen MR) is 107 cm³/mol. The van der Waals surface area contributed by atoms with E-state index in [4.69, 9.17) is 0 Å². The van der Waals surface area contributed by atoms with Crippen LogP contribution in [0.3, 0.4) is 0 Å². The molecule has 0 radical (unpaired) electrons. The number of amides is 1. The minimum Gasteiger partial charge on any atom is -0.322 e. The molecular weight excluding hydrogens is 360 g/mol. The zero-order chi connectivity index (χ0) is 19.4. The second kappa shape index (κ2) is 8.23. The third-order valence-electron chi connectivity index (χ3n) is 5.10. The lowest BCUT2D eigenvalue weighted by atomic mass is 10.0. The van der Waals surface area contributed by atoms with Crippen LogP contribution in [-0.4, -0.2) is 31.7 Å². The van der Waals surface area contributed by atoms with Crippen LogP contribution in [0, 0.1) is 5.92 Å². The molecule has 1 aliphatic rings. The predicted octanol–water partition coefficient (Wildman–Crippen LogP) is 3.92. The van der Waals surface area contributed by atoms with Gasteiger partial charge >= 0.3 is 0 Å². The van der Waals surface area contributed by atoms with Gasteiger partial charge in [0, 0.05) is 24.3 Å². The summed E-state index contributed by atoms with van der Waals surface area (Å²) >= 11 is 0. The molecule has 0 saturated carbocycles. The SMILES string of the molecule is CCc1ccc(NC(=O)c2cccc(S(=O)(=O)N3CCC(C)CC3)c2)cc1. The summed E-state index contributed by atoms with van der Waals surface area (Å²) in [4.78, 5) is 12.7. The lowest BCUT2D eigenvalue weighted by Crippen LogP contribution is -2.37. The molecule has 1 heterocycles. The van der Waals surface area contributed by atoms with Gasteiger partial charge in [-0.25, -0.2) is 8.42 Å². The Bertz CT molecular complexity index is 899. The summed E-state index contributed by atoms with van der Waals surface area (Å²) in [6, 6.07) is 13.9. The van der Waals surface area contributed by atoms with Crippen molar-refractivity contribution in [2.24, 2.45) is 5.92 Å². The highest BCUT2D eigenvalue weighted by Gasteiger charge is 2.28. The van der Waals surface area contributed by atoms with Gasteiger partial charge < -0.3 is 5.32 Å². The van der Waals surface area contributed by atoms with E-state index in [0.717, 1.165) is 19.3 Å². The summed E-state index contributed by atoms with van der Waals surface area (Å²) in [5.74, 6) is 0.233. The summed E-state index contributed by atoms with van der Waals surface area (Å²) in [7, 11) is -3.57. The van der Waals surface area contributed by atoms with E-state index in [1.54, 1.807) is 18.2 Å². The van der Waals surface area contributed by atoms with E-state index >= 15 is 0 Å². The molecule has 0 spiro atoms. The number of benzene rings is 2. The number of carbonyl (C=O) groups excluding carboxylic acids is 1. The van der Waals surface area contributed by atoms with Gasteiger partial charge in [-0.1, -0.05) is 32.0 Å². The van der Waals surface area contributed by atoms with Crippen LogP contribution in [0.4, 0.5) is 5.69 Å². The molecule has 27 heavy (non-hydrogen) atoms. The maximum atomic E-state index is 12.9. The summed E-state index contributed by atoms with van der Waals surface area (Å²) in [6.07, 6.45) is 2.67. The molecule has 1 N–H and O–H groups in total. The summed E-state index contributed by atoms with van der Waals surface area (Å²) < 4.78 is 27.3. The highest BCUT2D eigenvalue weighted by atomic mass is 32.2. The van der Waals surface area contributed by atoms with Crippen molar-refractivity contribution in [2.45, 2.75) is 38.0 Å². The Morgan fingerprint density at radius 3 is 2.41 bits per heavy atom. The number of hydrogen-bond donors (Lipinski definition) is 1. The van der Waals surface area contributed by atoms with Crippen molar-refractivity contribution in [1.82, 2.24) is 4.31 Å². The largest absolute Gasteiger partial charge is 0.322 e. The summed E-state index contributed by atoms with van der Waals surface area (Å²) in [5.41, 5.74) is 2.22. The number of hydrogen-bond acceptors (Lipinski definition) is 3. The van der Waals surface area contributed by atoms with E-state index in [1.165, 1.54) is 15.9 Å². The molecule has 2 aromatic rings. The van der Waals surface area contributed by atoms with Crippen molar-refractivity contribution < 1.29 is 13.2 Å². The Balaban J connectivity index is 1.76. The Kier molecular flexibility index (Phi) is 5.97. The molecule has 3 rings (SSSR count). The normalized spacial score (nSPS) is 16.2. The van der Waals surface area contributed by atoms with E-state index in [9.17, 15) is 13.2 Å². The second-order valence-electron chi connectivity index (χ2n) is 7.12. The van der Waals surface area contributed by atoms with Gasteiger partial charge in [0.15, 0.2) is 0 Å². The second-order valence-corrected chi connectivity index (χ2v) is 9.06. The van der Waals surface area contributed by atoms with Gasteiger partial charge in [0.1, 0.15) is 0 Å². The minimum absolute atomic E-state index is 0.172. The Morgan fingerprint density at radius 2 is 1.78 bits per heavy atom. The molecule has 1 amide bonds. The van der Waals surface area contributed by atoms with Crippen LogP contribution in [0.25, 0.3) is 0 Å². The van der Waals surface area contributed by atoms with Crippen molar-refractivity contribution in [3.05, 3.63) is 59.7 Å². The number of nitrogens with zero attached hydrogens (tertiary/aromatic N) is 1. The van der Waals surface area contributed by atoms with Gasteiger partial charge in [-0.2, -0.15) is 4.31 Å². The number of anilines is 1. The number of carbonyl (C=O) groups is 1.